The summed E-state index contributed by atoms with van der Waals surface area (Å²) in [5.41, 5.74) is 5.12. The third-order valence-corrected chi connectivity index (χ3v) is 3.81. The molecule has 0 aliphatic carbocycles. The molecule has 1 aromatic carbocycles. The van der Waals surface area contributed by atoms with Crippen LogP contribution in [0.4, 0.5) is 0 Å². The van der Waals surface area contributed by atoms with Gasteiger partial charge in [0.2, 0.25) is 0 Å². The molecule has 0 unspecified atom stereocenters. The highest BCUT2D eigenvalue weighted by molar-refractivity contribution is 5.87. The lowest BCUT2D eigenvalue weighted by molar-refractivity contribution is 0.556. The Morgan fingerprint density at radius 3 is 2.55 bits per heavy atom. The smallest absolute Gasteiger partial charge is 0.138 e. The molecule has 0 fully saturated rings. The molecule has 1 heterocycles. The average Bonchev–Trinajstić information content (AvgIpc) is 2.78. The molecule has 20 heavy (non-hydrogen) atoms. The summed E-state index contributed by atoms with van der Waals surface area (Å²) in [6.07, 6.45) is 4.15. The van der Waals surface area contributed by atoms with Gasteiger partial charge in [0.1, 0.15) is 5.58 Å². The van der Waals surface area contributed by atoms with Gasteiger partial charge in [-0.1, -0.05) is 39.8 Å². The van der Waals surface area contributed by atoms with Crippen molar-refractivity contribution in [2.75, 3.05) is 13.1 Å². The standard InChI is InChI=1S/C18H27NO/c1-6-10-19-11-9-14-12-20-17-15(18(3,4)5)8-7-13(2)16(14)17/h7-8,12,19H,6,9-11H2,1-5H3. The highest BCUT2D eigenvalue weighted by Crippen LogP contribution is 2.34. The second-order valence-electron chi connectivity index (χ2n) is 6.65. The van der Waals surface area contributed by atoms with Crippen molar-refractivity contribution in [1.82, 2.24) is 5.32 Å². The van der Waals surface area contributed by atoms with Crippen LogP contribution in [0.1, 0.15) is 50.8 Å². The fourth-order valence-electron chi connectivity index (χ4n) is 2.69. The topological polar surface area (TPSA) is 25.2 Å². The van der Waals surface area contributed by atoms with Gasteiger partial charge >= 0.3 is 0 Å². The van der Waals surface area contributed by atoms with Gasteiger partial charge in [0.25, 0.3) is 0 Å². The first kappa shape index (κ1) is 15.1. The van der Waals surface area contributed by atoms with Crippen molar-refractivity contribution in [3.05, 3.63) is 35.1 Å². The van der Waals surface area contributed by atoms with Crippen molar-refractivity contribution in [3.63, 3.8) is 0 Å². The van der Waals surface area contributed by atoms with Crippen molar-refractivity contribution < 1.29 is 4.42 Å². The van der Waals surface area contributed by atoms with E-state index in [0.717, 1.165) is 25.1 Å². The Kier molecular flexibility index (Phi) is 4.54. The lowest BCUT2D eigenvalue weighted by atomic mass is 9.85. The van der Waals surface area contributed by atoms with Gasteiger partial charge in [-0.05, 0) is 49.4 Å². The third-order valence-electron chi connectivity index (χ3n) is 3.81. The Morgan fingerprint density at radius 1 is 1.15 bits per heavy atom. The molecule has 2 heteroatoms. The molecular formula is C18H27NO. The molecule has 0 amide bonds. The first-order valence-corrected chi connectivity index (χ1v) is 7.66. The minimum atomic E-state index is 0.113. The summed E-state index contributed by atoms with van der Waals surface area (Å²) >= 11 is 0. The number of benzene rings is 1. The molecule has 0 aliphatic heterocycles. The van der Waals surface area contributed by atoms with Crippen LogP contribution in [0.25, 0.3) is 11.0 Å². The van der Waals surface area contributed by atoms with Crippen molar-refractivity contribution >= 4 is 11.0 Å². The van der Waals surface area contributed by atoms with E-state index in [1.54, 1.807) is 0 Å². The highest BCUT2D eigenvalue weighted by Gasteiger charge is 2.21. The lowest BCUT2D eigenvalue weighted by Crippen LogP contribution is -2.17. The van der Waals surface area contributed by atoms with Crippen molar-refractivity contribution in [2.24, 2.45) is 0 Å². The molecule has 0 saturated carbocycles. The Hall–Kier alpha value is -1.28. The van der Waals surface area contributed by atoms with Crippen LogP contribution in [0, 0.1) is 6.92 Å². The predicted octanol–water partition coefficient (Wildman–Crippen LogP) is 4.58. The van der Waals surface area contributed by atoms with Gasteiger partial charge in [0.15, 0.2) is 0 Å². The Morgan fingerprint density at radius 2 is 1.90 bits per heavy atom. The van der Waals surface area contributed by atoms with Crippen molar-refractivity contribution in [3.8, 4) is 0 Å². The average molecular weight is 273 g/mol. The SMILES string of the molecule is CCCNCCc1coc2c(C(C)(C)C)ccc(C)c12. The van der Waals surface area contributed by atoms with Crippen molar-refractivity contribution in [2.45, 2.75) is 52.9 Å². The largest absolute Gasteiger partial charge is 0.464 e. The van der Waals surface area contributed by atoms with Gasteiger partial charge in [-0.15, -0.1) is 0 Å². The number of rotatable bonds is 5. The lowest BCUT2D eigenvalue weighted by Gasteiger charge is -2.19. The number of nitrogens with one attached hydrogen (secondary N) is 1. The van der Waals surface area contributed by atoms with Crippen LogP contribution in [0.2, 0.25) is 0 Å². The van der Waals surface area contributed by atoms with Crippen LogP contribution >= 0.6 is 0 Å². The molecular weight excluding hydrogens is 246 g/mol. The van der Waals surface area contributed by atoms with Gasteiger partial charge in [0, 0.05) is 10.9 Å². The number of furan rings is 1. The summed E-state index contributed by atoms with van der Waals surface area (Å²) in [6.45, 7) is 13.2. The van der Waals surface area contributed by atoms with E-state index in [4.69, 9.17) is 4.42 Å². The minimum absolute atomic E-state index is 0.113. The second-order valence-corrected chi connectivity index (χ2v) is 6.65. The molecule has 0 saturated heterocycles. The molecule has 0 atom stereocenters. The molecule has 1 aromatic heterocycles. The Balaban J connectivity index is 2.34. The fraction of sp³-hybridized carbons (Fsp3) is 0.556. The quantitative estimate of drug-likeness (QED) is 0.807. The summed E-state index contributed by atoms with van der Waals surface area (Å²) in [7, 11) is 0. The monoisotopic (exact) mass is 273 g/mol. The molecule has 1 N–H and O–H groups in total. The van der Waals surface area contributed by atoms with Crippen LogP contribution < -0.4 is 5.32 Å². The molecule has 0 spiro atoms. The van der Waals surface area contributed by atoms with Gasteiger partial charge in [-0.2, -0.15) is 0 Å². The van der Waals surface area contributed by atoms with Crippen LogP contribution in [0.15, 0.2) is 22.8 Å². The predicted molar refractivity (Wildman–Crippen MR) is 86.5 cm³/mol. The zero-order valence-electron chi connectivity index (χ0n) is 13.5. The maximum atomic E-state index is 5.92. The maximum absolute atomic E-state index is 5.92. The normalized spacial score (nSPS) is 12.2. The van der Waals surface area contributed by atoms with Gasteiger partial charge in [-0.3, -0.25) is 0 Å². The Bertz CT molecular complexity index is 575. The number of hydrogen-bond donors (Lipinski definition) is 1. The summed E-state index contributed by atoms with van der Waals surface area (Å²) in [6, 6.07) is 4.43. The number of fused-ring (bicyclic) bond motifs is 1. The van der Waals surface area contributed by atoms with Gasteiger partial charge in [0.05, 0.1) is 6.26 Å². The summed E-state index contributed by atoms with van der Waals surface area (Å²) in [5, 5.41) is 4.78. The first-order chi connectivity index (χ1) is 9.45. The van der Waals surface area contributed by atoms with Gasteiger partial charge in [-0.25, -0.2) is 0 Å². The van der Waals surface area contributed by atoms with Crippen LogP contribution in [-0.2, 0) is 11.8 Å². The second kappa shape index (κ2) is 6.01. The zero-order valence-corrected chi connectivity index (χ0v) is 13.5. The fourth-order valence-corrected chi connectivity index (χ4v) is 2.69. The van der Waals surface area contributed by atoms with E-state index >= 15 is 0 Å². The minimum Gasteiger partial charge on any atom is -0.464 e. The third kappa shape index (κ3) is 3.06. The number of hydrogen-bond acceptors (Lipinski definition) is 2. The summed E-state index contributed by atoms with van der Waals surface area (Å²) < 4.78 is 5.92. The first-order valence-electron chi connectivity index (χ1n) is 7.66. The van der Waals surface area contributed by atoms with Gasteiger partial charge < -0.3 is 9.73 Å². The van der Waals surface area contributed by atoms with E-state index in [9.17, 15) is 0 Å². The van der Waals surface area contributed by atoms with Crippen LogP contribution in [-0.4, -0.2) is 13.1 Å². The number of aryl methyl sites for hydroxylation is 1. The van der Waals surface area contributed by atoms with Crippen LogP contribution in [0.5, 0.6) is 0 Å². The highest BCUT2D eigenvalue weighted by atomic mass is 16.3. The molecule has 2 nitrogen and oxygen atoms in total. The van der Waals surface area contributed by atoms with E-state index in [0.29, 0.717) is 0 Å². The molecule has 2 aromatic rings. The molecule has 2 rings (SSSR count). The summed E-state index contributed by atoms with van der Waals surface area (Å²) in [4.78, 5) is 0. The van der Waals surface area contributed by atoms with Crippen molar-refractivity contribution in [1.29, 1.82) is 0 Å². The van der Waals surface area contributed by atoms with E-state index in [1.807, 2.05) is 6.26 Å². The summed E-state index contributed by atoms with van der Waals surface area (Å²) in [5.74, 6) is 0. The molecule has 0 aliphatic rings. The van der Waals surface area contributed by atoms with E-state index < -0.39 is 0 Å². The van der Waals surface area contributed by atoms with Crippen LogP contribution in [0.3, 0.4) is 0 Å². The molecule has 0 bridgehead atoms. The van der Waals surface area contributed by atoms with E-state index in [-0.39, 0.29) is 5.41 Å². The maximum Gasteiger partial charge on any atom is 0.138 e. The molecule has 110 valence electrons. The van der Waals surface area contributed by atoms with E-state index in [2.05, 4.69) is 52.1 Å². The Labute approximate surface area is 122 Å². The molecule has 0 radical (unpaired) electrons. The zero-order chi connectivity index (χ0) is 14.8. The van der Waals surface area contributed by atoms with E-state index in [1.165, 1.54) is 28.5 Å².